The fourth-order valence-corrected chi connectivity index (χ4v) is 1.82. The number of hydrogen-bond acceptors (Lipinski definition) is 3. The smallest absolute Gasteiger partial charge is 0.125 e. The molecule has 0 spiro atoms. The van der Waals surface area contributed by atoms with Crippen molar-refractivity contribution in [3.63, 3.8) is 0 Å². The lowest BCUT2D eigenvalue weighted by Crippen LogP contribution is -2.24. The highest BCUT2D eigenvalue weighted by Gasteiger charge is 2.03. The van der Waals surface area contributed by atoms with Crippen LogP contribution in [0, 0.1) is 13.8 Å². The second kappa shape index (κ2) is 7.30. The number of aryl methyl sites for hydroxylation is 2. The molecule has 1 N–H and O–H groups in total. The van der Waals surface area contributed by atoms with Crippen molar-refractivity contribution >= 4 is 0 Å². The third kappa shape index (κ3) is 4.75. The van der Waals surface area contributed by atoms with Crippen LogP contribution < -0.4 is 4.74 Å². The average Bonchev–Trinajstić information content (AvgIpc) is 2.28. The van der Waals surface area contributed by atoms with Crippen molar-refractivity contribution in [3.8, 4) is 5.75 Å². The number of aliphatic hydroxyl groups is 1. The molecule has 3 nitrogen and oxygen atoms in total. The summed E-state index contributed by atoms with van der Waals surface area (Å²) >= 11 is 0. The molecule has 0 fully saturated rings. The normalized spacial score (nSPS) is 10.9. The number of para-hydroxylation sites is 1. The lowest BCUT2D eigenvalue weighted by molar-refractivity contribution is 0.207. The molecule has 0 heterocycles. The summed E-state index contributed by atoms with van der Waals surface area (Å²) in [6, 6.07) is 6.19. The highest BCUT2D eigenvalue weighted by atomic mass is 16.5. The lowest BCUT2D eigenvalue weighted by atomic mass is 10.1. The Morgan fingerprint density at radius 1 is 1.18 bits per heavy atom. The quantitative estimate of drug-likeness (QED) is 0.736. The molecule has 1 rings (SSSR count). The number of nitrogens with zero attached hydrogens (tertiary/aromatic N) is 1. The van der Waals surface area contributed by atoms with Gasteiger partial charge in [-0.3, -0.25) is 0 Å². The fourth-order valence-electron chi connectivity index (χ4n) is 1.82. The molecule has 0 atom stereocenters. The second-order valence-electron chi connectivity index (χ2n) is 4.45. The van der Waals surface area contributed by atoms with Crippen molar-refractivity contribution in [1.82, 2.24) is 4.90 Å². The summed E-state index contributed by atoms with van der Waals surface area (Å²) in [5.41, 5.74) is 2.38. The molecule has 0 aromatic heterocycles. The first-order chi connectivity index (χ1) is 8.15. The Balaban J connectivity index is 2.31. The van der Waals surface area contributed by atoms with Gasteiger partial charge in [0.15, 0.2) is 0 Å². The van der Waals surface area contributed by atoms with Gasteiger partial charge in [0.1, 0.15) is 5.75 Å². The van der Waals surface area contributed by atoms with Gasteiger partial charge in [0.05, 0.1) is 13.2 Å². The van der Waals surface area contributed by atoms with Gasteiger partial charge in [-0.1, -0.05) is 18.2 Å². The van der Waals surface area contributed by atoms with Crippen LogP contribution >= 0.6 is 0 Å². The molecule has 0 radical (unpaired) electrons. The van der Waals surface area contributed by atoms with E-state index >= 15 is 0 Å². The van der Waals surface area contributed by atoms with Gasteiger partial charge in [0.2, 0.25) is 0 Å². The zero-order chi connectivity index (χ0) is 12.7. The maximum atomic E-state index is 8.77. The zero-order valence-corrected chi connectivity index (χ0v) is 11.1. The third-order valence-electron chi connectivity index (χ3n) is 2.82. The fraction of sp³-hybridized carbons (Fsp3) is 0.571. The summed E-state index contributed by atoms with van der Waals surface area (Å²) < 4.78 is 5.81. The molecule has 1 aromatic carbocycles. The second-order valence-corrected chi connectivity index (χ2v) is 4.45. The summed E-state index contributed by atoms with van der Waals surface area (Å²) in [6.07, 6.45) is 0.976. The van der Waals surface area contributed by atoms with Crippen LogP contribution in [0.2, 0.25) is 0 Å². The van der Waals surface area contributed by atoms with Gasteiger partial charge in [0, 0.05) is 13.1 Å². The third-order valence-corrected chi connectivity index (χ3v) is 2.82. The first kappa shape index (κ1) is 14.0. The van der Waals surface area contributed by atoms with Gasteiger partial charge >= 0.3 is 0 Å². The molecule has 96 valence electrons. The lowest BCUT2D eigenvalue weighted by Gasteiger charge is -2.16. The Bertz CT molecular complexity index is 319. The van der Waals surface area contributed by atoms with Gasteiger partial charge < -0.3 is 14.7 Å². The monoisotopic (exact) mass is 237 g/mol. The number of rotatable bonds is 7. The molecule has 3 heteroatoms. The highest BCUT2D eigenvalue weighted by molar-refractivity contribution is 5.39. The topological polar surface area (TPSA) is 32.7 Å². The molecule has 0 bridgehead atoms. The van der Waals surface area contributed by atoms with Crippen molar-refractivity contribution in [3.05, 3.63) is 29.3 Å². The predicted molar refractivity (Wildman–Crippen MR) is 70.6 cm³/mol. The van der Waals surface area contributed by atoms with Crippen molar-refractivity contribution in [2.45, 2.75) is 20.3 Å². The van der Waals surface area contributed by atoms with E-state index < -0.39 is 0 Å². The first-order valence-corrected chi connectivity index (χ1v) is 6.13. The number of benzene rings is 1. The molecule has 17 heavy (non-hydrogen) atoms. The van der Waals surface area contributed by atoms with E-state index in [4.69, 9.17) is 9.84 Å². The molecule has 0 aliphatic rings. The molecular weight excluding hydrogens is 214 g/mol. The van der Waals surface area contributed by atoms with Crippen molar-refractivity contribution in [1.29, 1.82) is 0 Å². The summed E-state index contributed by atoms with van der Waals surface area (Å²) in [5.74, 6) is 1.01. The molecule has 1 aromatic rings. The van der Waals surface area contributed by atoms with Crippen LogP contribution in [0.25, 0.3) is 0 Å². The Morgan fingerprint density at radius 3 is 2.41 bits per heavy atom. The molecule has 0 aliphatic carbocycles. The van der Waals surface area contributed by atoms with E-state index in [-0.39, 0.29) is 6.61 Å². The zero-order valence-electron chi connectivity index (χ0n) is 11.1. The van der Waals surface area contributed by atoms with Gasteiger partial charge in [-0.25, -0.2) is 0 Å². The minimum atomic E-state index is 0.217. The SMILES string of the molecule is Cc1cccc(C)c1OCCCN(C)CCO. The summed E-state index contributed by atoms with van der Waals surface area (Å²) in [5, 5.41) is 8.77. The van der Waals surface area contributed by atoms with Crippen LogP contribution in [-0.4, -0.2) is 43.4 Å². The molecule has 0 saturated carbocycles. The van der Waals surface area contributed by atoms with Crippen LogP contribution in [0.3, 0.4) is 0 Å². The number of likely N-dealkylation sites (N-methyl/N-ethyl adjacent to an activating group) is 1. The number of hydrogen-bond donors (Lipinski definition) is 1. The van der Waals surface area contributed by atoms with E-state index in [1.165, 1.54) is 11.1 Å². The van der Waals surface area contributed by atoms with E-state index in [9.17, 15) is 0 Å². The summed E-state index contributed by atoms with van der Waals surface area (Å²) in [6.45, 7) is 6.75. The highest BCUT2D eigenvalue weighted by Crippen LogP contribution is 2.22. The van der Waals surface area contributed by atoms with E-state index in [1.807, 2.05) is 13.1 Å². The van der Waals surface area contributed by atoms with Gasteiger partial charge in [-0.05, 0) is 38.4 Å². The summed E-state index contributed by atoms with van der Waals surface area (Å²) in [4.78, 5) is 2.11. The Morgan fingerprint density at radius 2 is 1.82 bits per heavy atom. The maximum absolute atomic E-state index is 8.77. The Hall–Kier alpha value is -1.06. The van der Waals surface area contributed by atoms with Crippen molar-refractivity contribution < 1.29 is 9.84 Å². The first-order valence-electron chi connectivity index (χ1n) is 6.13. The van der Waals surface area contributed by atoms with Crippen molar-refractivity contribution in [2.75, 3.05) is 33.4 Å². The van der Waals surface area contributed by atoms with Crippen LogP contribution in [-0.2, 0) is 0 Å². The Kier molecular flexibility index (Phi) is 6.01. The molecule has 0 saturated heterocycles. The van der Waals surface area contributed by atoms with Gasteiger partial charge in [-0.15, -0.1) is 0 Å². The van der Waals surface area contributed by atoms with Crippen LogP contribution in [0.5, 0.6) is 5.75 Å². The molecular formula is C14H23NO2. The van der Waals surface area contributed by atoms with Crippen LogP contribution in [0.4, 0.5) is 0 Å². The molecule has 0 amide bonds. The van der Waals surface area contributed by atoms with E-state index in [0.717, 1.165) is 31.9 Å². The standard InChI is InChI=1S/C14H23NO2/c1-12-6-4-7-13(2)14(12)17-11-5-8-15(3)9-10-16/h4,6-7,16H,5,8-11H2,1-3H3. The van der Waals surface area contributed by atoms with E-state index in [2.05, 4.69) is 30.9 Å². The predicted octanol–water partition coefficient (Wildman–Crippen LogP) is 2.00. The van der Waals surface area contributed by atoms with E-state index in [1.54, 1.807) is 0 Å². The maximum Gasteiger partial charge on any atom is 0.125 e. The minimum Gasteiger partial charge on any atom is -0.493 e. The van der Waals surface area contributed by atoms with Gasteiger partial charge in [-0.2, -0.15) is 0 Å². The van der Waals surface area contributed by atoms with E-state index in [0.29, 0.717) is 0 Å². The van der Waals surface area contributed by atoms with Crippen molar-refractivity contribution in [2.24, 2.45) is 0 Å². The summed E-state index contributed by atoms with van der Waals surface area (Å²) in [7, 11) is 2.01. The minimum absolute atomic E-state index is 0.217. The number of aliphatic hydroxyl groups excluding tert-OH is 1. The van der Waals surface area contributed by atoms with Crippen LogP contribution in [0.1, 0.15) is 17.5 Å². The number of ether oxygens (including phenoxy) is 1. The average molecular weight is 237 g/mol. The largest absolute Gasteiger partial charge is 0.493 e. The van der Waals surface area contributed by atoms with Gasteiger partial charge in [0.25, 0.3) is 0 Å². The molecule has 0 aliphatic heterocycles. The van der Waals surface area contributed by atoms with Crippen LogP contribution in [0.15, 0.2) is 18.2 Å². The Labute approximate surface area is 104 Å². The molecule has 0 unspecified atom stereocenters.